The number of aliphatic hydroxyl groups is 1. The van der Waals surface area contributed by atoms with E-state index in [2.05, 4.69) is 16.8 Å². The van der Waals surface area contributed by atoms with Crippen LogP contribution >= 0.6 is 0 Å². The molecule has 1 aromatic rings. The van der Waals surface area contributed by atoms with Crippen molar-refractivity contribution in [1.29, 1.82) is 0 Å². The quantitative estimate of drug-likeness (QED) is 0.836. The SMILES string of the molecule is CN(CC1CCC1)S(=O)(=O)c1cncc(C#CCO)c1. The summed E-state index contributed by atoms with van der Waals surface area (Å²) < 4.78 is 26.2. The van der Waals surface area contributed by atoms with Gasteiger partial charge in [-0.25, -0.2) is 12.7 Å². The Hall–Kier alpha value is -1.42. The highest BCUT2D eigenvalue weighted by molar-refractivity contribution is 7.89. The predicted molar refractivity (Wildman–Crippen MR) is 75.4 cm³/mol. The van der Waals surface area contributed by atoms with Crippen molar-refractivity contribution in [2.24, 2.45) is 5.92 Å². The summed E-state index contributed by atoms with van der Waals surface area (Å²) in [7, 11) is -1.92. The monoisotopic (exact) mass is 294 g/mol. The van der Waals surface area contributed by atoms with E-state index in [1.165, 1.54) is 29.2 Å². The molecule has 1 fully saturated rings. The Morgan fingerprint density at radius 1 is 1.45 bits per heavy atom. The number of hydrogen-bond acceptors (Lipinski definition) is 4. The number of hydrogen-bond donors (Lipinski definition) is 1. The Bertz CT molecular complexity index is 627. The summed E-state index contributed by atoms with van der Waals surface area (Å²) in [5.41, 5.74) is 0.483. The molecule has 0 bridgehead atoms. The first kappa shape index (κ1) is 15.0. The third-order valence-electron chi connectivity index (χ3n) is 3.47. The molecule has 0 radical (unpaired) electrons. The van der Waals surface area contributed by atoms with Gasteiger partial charge in [-0.3, -0.25) is 4.98 Å². The summed E-state index contributed by atoms with van der Waals surface area (Å²) in [5.74, 6) is 5.62. The summed E-state index contributed by atoms with van der Waals surface area (Å²) >= 11 is 0. The van der Waals surface area contributed by atoms with Crippen molar-refractivity contribution in [3.8, 4) is 11.8 Å². The molecule has 0 aliphatic heterocycles. The number of aromatic nitrogens is 1. The maximum Gasteiger partial charge on any atom is 0.244 e. The minimum absolute atomic E-state index is 0.143. The summed E-state index contributed by atoms with van der Waals surface area (Å²) in [4.78, 5) is 4.05. The van der Waals surface area contributed by atoms with Crippen molar-refractivity contribution in [3.05, 3.63) is 24.0 Å². The van der Waals surface area contributed by atoms with E-state index in [4.69, 9.17) is 5.11 Å². The second-order valence-electron chi connectivity index (χ2n) is 4.95. The largest absolute Gasteiger partial charge is 0.384 e. The van der Waals surface area contributed by atoms with E-state index in [9.17, 15) is 8.42 Å². The normalized spacial score (nSPS) is 15.6. The lowest BCUT2D eigenvalue weighted by Gasteiger charge is -2.29. The first-order valence-corrected chi connectivity index (χ1v) is 7.99. The minimum Gasteiger partial charge on any atom is -0.384 e. The molecule has 1 saturated carbocycles. The van der Waals surface area contributed by atoms with E-state index < -0.39 is 10.0 Å². The molecule has 0 amide bonds. The highest BCUT2D eigenvalue weighted by Crippen LogP contribution is 2.28. The highest BCUT2D eigenvalue weighted by atomic mass is 32.2. The lowest BCUT2D eigenvalue weighted by Crippen LogP contribution is -2.34. The van der Waals surface area contributed by atoms with Crippen molar-refractivity contribution in [3.63, 3.8) is 0 Å². The summed E-state index contributed by atoms with van der Waals surface area (Å²) in [6.45, 7) is 0.285. The van der Waals surface area contributed by atoms with Crippen LogP contribution in [-0.2, 0) is 10.0 Å². The maximum atomic E-state index is 12.4. The van der Waals surface area contributed by atoms with Gasteiger partial charge >= 0.3 is 0 Å². The second kappa shape index (κ2) is 6.35. The Morgan fingerprint density at radius 3 is 2.80 bits per heavy atom. The highest BCUT2D eigenvalue weighted by Gasteiger charge is 2.27. The Morgan fingerprint density at radius 2 is 2.20 bits per heavy atom. The number of pyridine rings is 1. The third-order valence-corrected chi connectivity index (χ3v) is 5.26. The van der Waals surface area contributed by atoms with Gasteiger partial charge in [-0.05, 0) is 24.8 Å². The van der Waals surface area contributed by atoms with E-state index in [1.807, 2.05) is 0 Å². The van der Waals surface area contributed by atoms with Crippen LogP contribution in [0.3, 0.4) is 0 Å². The van der Waals surface area contributed by atoms with Gasteiger partial charge in [-0.15, -0.1) is 0 Å². The van der Waals surface area contributed by atoms with Gasteiger partial charge in [-0.1, -0.05) is 18.3 Å². The molecule has 20 heavy (non-hydrogen) atoms. The molecule has 0 unspecified atom stereocenters. The fourth-order valence-corrected chi connectivity index (χ4v) is 3.32. The average Bonchev–Trinajstić information content (AvgIpc) is 2.40. The fraction of sp³-hybridized carbons (Fsp3) is 0.500. The number of sulfonamides is 1. The summed E-state index contributed by atoms with van der Waals surface area (Å²) in [6, 6.07) is 1.49. The van der Waals surface area contributed by atoms with Gasteiger partial charge in [0.2, 0.25) is 10.0 Å². The van der Waals surface area contributed by atoms with E-state index >= 15 is 0 Å². The van der Waals surface area contributed by atoms with Crippen LogP contribution in [0.5, 0.6) is 0 Å². The molecule has 0 spiro atoms. The van der Waals surface area contributed by atoms with Gasteiger partial charge in [0.25, 0.3) is 0 Å². The van der Waals surface area contributed by atoms with Gasteiger partial charge in [0.15, 0.2) is 0 Å². The van der Waals surface area contributed by atoms with Gasteiger partial charge in [-0.2, -0.15) is 0 Å². The second-order valence-corrected chi connectivity index (χ2v) is 7.00. The molecule has 5 nitrogen and oxygen atoms in total. The van der Waals surface area contributed by atoms with Crippen LogP contribution in [0.25, 0.3) is 0 Å². The van der Waals surface area contributed by atoms with Gasteiger partial charge in [0, 0.05) is 31.5 Å². The van der Waals surface area contributed by atoms with Crippen LogP contribution in [0.4, 0.5) is 0 Å². The topological polar surface area (TPSA) is 70.5 Å². The van der Waals surface area contributed by atoms with Crippen molar-refractivity contribution < 1.29 is 13.5 Å². The third kappa shape index (κ3) is 3.37. The van der Waals surface area contributed by atoms with E-state index in [-0.39, 0.29) is 11.5 Å². The van der Waals surface area contributed by atoms with Crippen LogP contribution in [0, 0.1) is 17.8 Å². The maximum absolute atomic E-state index is 12.4. The van der Waals surface area contributed by atoms with Crippen molar-refractivity contribution in [1.82, 2.24) is 9.29 Å². The fourth-order valence-electron chi connectivity index (χ4n) is 2.09. The number of nitrogens with zero attached hydrogens (tertiary/aromatic N) is 2. The summed E-state index contributed by atoms with van der Waals surface area (Å²) in [5, 5.41) is 8.66. The van der Waals surface area contributed by atoms with E-state index in [0.29, 0.717) is 18.0 Å². The van der Waals surface area contributed by atoms with Crippen molar-refractivity contribution in [2.45, 2.75) is 24.2 Å². The number of rotatable bonds is 4. The summed E-state index contributed by atoms with van der Waals surface area (Å²) in [6.07, 6.45) is 6.19. The van der Waals surface area contributed by atoms with Gasteiger partial charge < -0.3 is 5.11 Å². The Labute approximate surface area is 119 Å². The Balaban J connectivity index is 2.19. The number of aliphatic hydroxyl groups excluding tert-OH is 1. The molecule has 1 N–H and O–H groups in total. The van der Waals surface area contributed by atoms with Gasteiger partial charge in [0.05, 0.1) is 0 Å². The molecule has 0 aromatic carbocycles. The zero-order valence-corrected chi connectivity index (χ0v) is 12.2. The first-order chi connectivity index (χ1) is 9.54. The van der Waals surface area contributed by atoms with Crippen molar-refractivity contribution in [2.75, 3.05) is 20.2 Å². The predicted octanol–water partition coefficient (Wildman–Crippen LogP) is 0.846. The molecule has 1 aromatic heterocycles. The minimum atomic E-state index is -3.52. The molecular formula is C14H18N2O3S. The van der Waals surface area contributed by atoms with Crippen LogP contribution in [-0.4, -0.2) is 43.0 Å². The first-order valence-electron chi connectivity index (χ1n) is 6.55. The molecular weight excluding hydrogens is 276 g/mol. The molecule has 2 rings (SSSR count). The van der Waals surface area contributed by atoms with Crippen LogP contribution < -0.4 is 0 Å². The van der Waals surface area contributed by atoms with Crippen LogP contribution in [0.2, 0.25) is 0 Å². The van der Waals surface area contributed by atoms with E-state index in [0.717, 1.165) is 12.8 Å². The van der Waals surface area contributed by atoms with Gasteiger partial charge in [0.1, 0.15) is 11.5 Å². The van der Waals surface area contributed by atoms with Crippen LogP contribution in [0.15, 0.2) is 23.4 Å². The zero-order valence-electron chi connectivity index (χ0n) is 11.4. The molecule has 1 aliphatic carbocycles. The van der Waals surface area contributed by atoms with E-state index in [1.54, 1.807) is 7.05 Å². The lowest BCUT2D eigenvalue weighted by molar-refractivity contribution is 0.263. The average molecular weight is 294 g/mol. The van der Waals surface area contributed by atoms with Crippen LogP contribution in [0.1, 0.15) is 24.8 Å². The molecule has 1 aliphatic rings. The standard InChI is InChI=1S/C14H18N2O3S/c1-16(11-12-4-2-5-12)20(18,19)14-8-13(6-3-7-17)9-15-10-14/h8-10,12,17H,2,4-5,7,11H2,1H3. The molecule has 0 atom stereocenters. The zero-order chi connectivity index (χ0) is 14.6. The smallest absolute Gasteiger partial charge is 0.244 e. The molecule has 108 valence electrons. The molecule has 6 heteroatoms. The molecule has 0 saturated heterocycles. The Kier molecular flexibility index (Phi) is 4.76. The van der Waals surface area contributed by atoms with Crippen molar-refractivity contribution >= 4 is 10.0 Å². The lowest BCUT2D eigenvalue weighted by atomic mass is 9.86. The molecule has 1 heterocycles.